The Morgan fingerprint density at radius 1 is 1.12 bits per heavy atom. The van der Waals surface area contributed by atoms with E-state index >= 15 is 0 Å². The van der Waals surface area contributed by atoms with Gasteiger partial charge in [0, 0.05) is 29.6 Å². The second kappa shape index (κ2) is 9.81. The fourth-order valence-corrected chi connectivity index (χ4v) is 2.82. The maximum atomic E-state index is 5.82. The van der Waals surface area contributed by atoms with Gasteiger partial charge in [-0.1, -0.05) is 31.5 Å². The van der Waals surface area contributed by atoms with E-state index in [1.165, 1.54) is 24.3 Å². The Morgan fingerprint density at radius 2 is 1.88 bits per heavy atom. The summed E-state index contributed by atoms with van der Waals surface area (Å²) in [5.74, 6) is 1.88. The van der Waals surface area contributed by atoms with Crippen LogP contribution in [0.25, 0.3) is 0 Å². The van der Waals surface area contributed by atoms with E-state index in [1.807, 2.05) is 11.8 Å². The molecule has 0 bridgehead atoms. The Balaban J connectivity index is 2.22. The number of hydrogen-bond donors (Lipinski definition) is 0. The van der Waals surface area contributed by atoms with Gasteiger partial charge in [-0.25, -0.2) is 0 Å². The number of halogens is 1. The molecule has 0 saturated heterocycles. The first-order valence-electron chi connectivity index (χ1n) is 6.33. The molecular weight excluding hydrogens is 250 g/mol. The molecule has 0 aliphatic heterocycles. The molecule has 0 radical (unpaired) electrons. The number of nitrogens with zero attached hydrogens (tertiary/aromatic N) is 1. The van der Waals surface area contributed by atoms with Gasteiger partial charge in [-0.15, -0.1) is 23.4 Å². The van der Waals surface area contributed by atoms with E-state index in [2.05, 4.69) is 42.2 Å². The highest BCUT2D eigenvalue weighted by atomic mass is 35.5. The van der Waals surface area contributed by atoms with Crippen molar-refractivity contribution in [2.45, 2.75) is 24.7 Å². The SMILES string of the molecule is CCCCN(CCCl)CCSc1ccccc1. The lowest BCUT2D eigenvalue weighted by molar-refractivity contribution is 0.303. The monoisotopic (exact) mass is 271 g/mol. The fraction of sp³-hybridized carbons (Fsp3) is 0.571. The van der Waals surface area contributed by atoms with Crippen LogP contribution in [0.15, 0.2) is 35.2 Å². The topological polar surface area (TPSA) is 3.24 Å². The molecule has 1 rings (SSSR count). The number of hydrogen-bond acceptors (Lipinski definition) is 2. The van der Waals surface area contributed by atoms with E-state index in [-0.39, 0.29) is 0 Å². The zero-order valence-electron chi connectivity index (χ0n) is 10.6. The Bertz CT molecular complexity index is 279. The van der Waals surface area contributed by atoms with Crippen molar-refractivity contribution in [3.8, 4) is 0 Å². The summed E-state index contributed by atoms with van der Waals surface area (Å²) >= 11 is 7.75. The molecule has 0 aliphatic carbocycles. The van der Waals surface area contributed by atoms with Gasteiger partial charge < -0.3 is 4.90 Å². The highest BCUT2D eigenvalue weighted by molar-refractivity contribution is 7.99. The predicted molar refractivity (Wildman–Crippen MR) is 79.2 cm³/mol. The van der Waals surface area contributed by atoms with E-state index in [0.29, 0.717) is 0 Å². The normalized spacial score (nSPS) is 11.0. The zero-order chi connectivity index (χ0) is 12.3. The molecule has 1 aromatic carbocycles. The van der Waals surface area contributed by atoms with Gasteiger partial charge in [0.15, 0.2) is 0 Å². The van der Waals surface area contributed by atoms with Crippen LogP contribution in [0.4, 0.5) is 0 Å². The number of unbranched alkanes of at least 4 members (excludes halogenated alkanes) is 1. The van der Waals surface area contributed by atoms with Crippen LogP contribution < -0.4 is 0 Å². The van der Waals surface area contributed by atoms with Gasteiger partial charge in [0.2, 0.25) is 0 Å². The highest BCUT2D eigenvalue weighted by Gasteiger charge is 2.03. The third-order valence-corrected chi connectivity index (χ3v) is 3.81. The van der Waals surface area contributed by atoms with Gasteiger partial charge >= 0.3 is 0 Å². The molecule has 1 aromatic rings. The zero-order valence-corrected chi connectivity index (χ0v) is 12.1. The summed E-state index contributed by atoms with van der Waals surface area (Å²) < 4.78 is 0. The quantitative estimate of drug-likeness (QED) is 0.491. The summed E-state index contributed by atoms with van der Waals surface area (Å²) in [4.78, 5) is 3.82. The molecule has 0 aliphatic rings. The molecule has 0 saturated carbocycles. The molecule has 17 heavy (non-hydrogen) atoms. The Kier molecular flexibility index (Phi) is 8.59. The number of benzene rings is 1. The third-order valence-electron chi connectivity index (χ3n) is 2.65. The molecule has 0 aromatic heterocycles. The second-order valence-electron chi connectivity index (χ2n) is 4.05. The van der Waals surface area contributed by atoms with Gasteiger partial charge in [-0.3, -0.25) is 0 Å². The van der Waals surface area contributed by atoms with Crippen LogP contribution in [0, 0.1) is 0 Å². The molecule has 3 heteroatoms. The van der Waals surface area contributed by atoms with Crippen LogP contribution in [0.5, 0.6) is 0 Å². The van der Waals surface area contributed by atoms with Crippen LogP contribution in [0.1, 0.15) is 19.8 Å². The molecule has 0 amide bonds. The average Bonchev–Trinajstić information content (AvgIpc) is 2.37. The van der Waals surface area contributed by atoms with Gasteiger partial charge in [0.1, 0.15) is 0 Å². The third kappa shape index (κ3) is 6.97. The molecule has 0 heterocycles. The summed E-state index contributed by atoms with van der Waals surface area (Å²) in [5.41, 5.74) is 0. The number of rotatable bonds is 9. The molecule has 0 atom stereocenters. The van der Waals surface area contributed by atoms with E-state index in [1.54, 1.807) is 0 Å². The van der Waals surface area contributed by atoms with Crippen molar-refractivity contribution in [2.75, 3.05) is 31.3 Å². The molecular formula is C14H22ClNS. The molecule has 0 unspecified atom stereocenters. The van der Waals surface area contributed by atoms with Crippen LogP contribution in [0.2, 0.25) is 0 Å². The van der Waals surface area contributed by atoms with Crippen molar-refractivity contribution in [1.29, 1.82) is 0 Å². The van der Waals surface area contributed by atoms with Crippen LogP contribution in [-0.2, 0) is 0 Å². The van der Waals surface area contributed by atoms with Gasteiger partial charge in [0.05, 0.1) is 0 Å². The van der Waals surface area contributed by atoms with E-state index in [9.17, 15) is 0 Å². The maximum absolute atomic E-state index is 5.82. The molecule has 0 fully saturated rings. The van der Waals surface area contributed by atoms with E-state index in [4.69, 9.17) is 11.6 Å². The minimum Gasteiger partial charge on any atom is -0.301 e. The van der Waals surface area contributed by atoms with E-state index in [0.717, 1.165) is 24.7 Å². The second-order valence-corrected chi connectivity index (χ2v) is 5.59. The average molecular weight is 272 g/mol. The van der Waals surface area contributed by atoms with Gasteiger partial charge in [-0.2, -0.15) is 0 Å². The molecule has 0 spiro atoms. The lowest BCUT2D eigenvalue weighted by atomic mass is 10.3. The summed E-state index contributed by atoms with van der Waals surface area (Å²) in [6.45, 7) is 5.55. The van der Waals surface area contributed by atoms with Crippen molar-refractivity contribution >= 4 is 23.4 Å². The van der Waals surface area contributed by atoms with E-state index < -0.39 is 0 Å². The Labute approximate surface area is 115 Å². The first kappa shape index (κ1) is 14.9. The Morgan fingerprint density at radius 3 is 2.53 bits per heavy atom. The minimum absolute atomic E-state index is 0.736. The molecule has 96 valence electrons. The van der Waals surface area contributed by atoms with Gasteiger partial charge in [-0.05, 0) is 25.1 Å². The summed E-state index contributed by atoms with van der Waals surface area (Å²) in [7, 11) is 0. The Hall–Kier alpha value is -0.180. The van der Waals surface area contributed by atoms with Gasteiger partial charge in [0.25, 0.3) is 0 Å². The molecule has 1 nitrogen and oxygen atoms in total. The predicted octanol–water partition coefficient (Wildman–Crippen LogP) is 4.12. The van der Waals surface area contributed by atoms with Crippen molar-refractivity contribution in [3.05, 3.63) is 30.3 Å². The van der Waals surface area contributed by atoms with Crippen molar-refractivity contribution < 1.29 is 0 Å². The summed E-state index contributed by atoms with van der Waals surface area (Å²) in [6, 6.07) is 10.6. The lowest BCUT2D eigenvalue weighted by Gasteiger charge is -2.20. The minimum atomic E-state index is 0.736. The largest absolute Gasteiger partial charge is 0.301 e. The first-order valence-corrected chi connectivity index (χ1v) is 7.85. The number of alkyl halides is 1. The van der Waals surface area contributed by atoms with Crippen molar-refractivity contribution in [1.82, 2.24) is 4.90 Å². The van der Waals surface area contributed by atoms with Crippen LogP contribution in [-0.4, -0.2) is 36.2 Å². The van der Waals surface area contributed by atoms with Crippen LogP contribution >= 0.6 is 23.4 Å². The first-order chi connectivity index (χ1) is 8.36. The highest BCUT2D eigenvalue weighted by Crippen LogP contribution is 2.16. The number of thioether (sulfide) groups is 1. The smallest absolute Gasteiger partial charge is 0.0351 e. The standard InChI is InChI=1S/C14H22ClNS/c1-2-3-10-16(11-9-15)12-13-17-14-7-5-4-6-8-14/h4-8H,2-3,9-13H2,1H3. The van der Waals surface area contributed by atoms with Crippen molar-refractivity contribution in [3.63, 3.8) is 0 Å². The summed E-state index contributed by atoms with van der Waals surface area (Å²) in [6.07, 6.45) is 2.53. The molecule has 0 N–H and O–H groups in total. The van der Waals surface area contributed by atoms with Crippen molar-refractivity contribution in [2.24, 2.45) is 0 Å². The lowest BCUT2D eigenvalue weighted by Crippen LogP contribution is -2.29. The fourth-order valence-electron chi connectivity index (χ4n) is 1.65. The summed E-state index contributed by atoms with van der Waals surface area (Å²) in [5, 5.41) is 0. The van der Waals surface area contributed by atoms with Crippen LogP contribution in [0.3, 0.4) is 0 Å². The maximum Gasteiger partial charge on any atom is 0.0351 e.